The lowest BCUT2D eigenvalue weighted by atomic mass is 10.0. The molecule has 0 radical (unpaired) electrons. The highest BCUT2D eigenvalue weighted by Crippen LogP contribution is 2.25. The van der Waals surface area contributed by atoms with Crippen molar-refractivity contribution >= 4 is 21.6 Å². The molecule has 0 rings (SSSR count). The highest BCUT2D eigenvalue weighted by Gasteiger charge is 1.97. The Morgan fingerprint density at radius 2 is 0.389 bits per heavy atom. The van der Waals surface area contributed by atoms with Gasteiger partial charge >= 0.3 is 0 Å². The third kappa shape index (κ3) is 34.7. The van der Waals surface area contributed by atoms with Gasteiger partial charge in [0, 0.05) is 11.5 Å². The summed E-state index contributed by atoms with van der Waals surface area (Å²) >= 11 is 0. The summed E-state index contributed by atoms with van der Waals surface area (Å²) in [5.74, 6) is 2.75. The van der Waals surface area contributed by atoms with Crippen LogP contribution in [0.5, 0.6) is 0 Å². The van der Waals surface area contributed by atoms with E-state index in [1.54, 1.807) is 0 Å². The Labute approximate surface area is 238 Å². The largest absolute Gasteiger partial charge is 0.0942 e. The van der Waals surface area contributed by atoms with Crippen LogP contribution in [0.2, 0.25) is 0 Å². The molecule has 0 unspecified atom stereocenters. The van der Waals surface area contributed by atoms with E-state index < -0.39 is 0 Å². The molecule has 0 bridgehead atoms. The fourth-order valence-corrected chi connectivity index (χ4v) is 7.48. The minimum Gasteiger partial charge on any atom is -0.0942 e. The van der Waals surface area contributed by atoms with E-state index in [-0.39, 0.29) is 0 Å². The van der Waals surface area contributed by atoms with Crippen LogP contribution < -0.4 is 0 Å². The molecule has 0 N–H and O–H groups in total. The summed E-state index contributed by atoms with van der Waals surface area (Å²) < 4.78 is 0. The van der Waals surface area contributed by atoms with Gasteiger partial charge in [-0.1, -0.05) is 215 Å². The summed E-state index contributed by atoms with van der Waals surface area (Å²) in [6, 6.07) is 0. The maximum absolute atomic E-state index is 2.31. The Kier molecular flexibility index (Phi) is 36.4. The van der Waals surface area contributed by atoms with Gasteiger partial charge in [-0.25, -0.2) is 0 Å². The van der Waals surface area contributed by atoms with Gasteiger partial charge in [-0.3, -0.25) is 0 Å². The molecule has 0 aromatic heterocycles. The van der Waals surface area contributed by atoms with E-state index >= 15 is 0 Å². The monoisotopic (exact) mass is 542 g/mol. The quantitative estimate of drug-likeness (QED) is 0.0597. The van der Waals surface area contributed by atoms with Crippen molar-refractivity contribution in [1.29, 1.82) is 0 Å². The first kappa shape index (κ1) is 36.7. The standard InChI is InChI=1S/C34H70S2/c1-3-5-7-9-11-13-15-17-19-21-23-25-27-29-31-33-35-36-34-32-30-28-26-24-22-20-18-16-14-12-10-8-6-4-2/h3-34H2,1-2H3. The van der Waals surface area contributed by atoms with Gasteiger partial charge in [0.1, 0.15) is 0 Å². The third-order valence-corrected chi connectivity index (χ3v) is 10.3. The van der Waals surface area contributed by atoms with Crippen LogP contribution in [0.3, 0.4) is 0 Å². The normalized spacial score (nSPS) is 11.5. The van der Waals surface area contributed by atoms with Crippen LogP contribution in [0.1, 0.15) is 206 Å². The summed E-state index contributed by atoms with van der Waals surface area (Å²) in [5, 5.41) is 0. The summed E-state index contributed by atoms with van der Waals surface area (Å²) in [6.07, 6.45) is 44.0. The van der Waals surface area contributed by atoms with Gasteiger partial charge in [0.25, 0.3) is 0 Å². The van der Waals surface area contributed by atoms with Crippen molar-refractivity contribution in [3.8, 4) is 0 Å². The van der Waals surface area contributed by atoms with Gasteiger partial charge in [0.15, 0.2) is 0 Å². The Morgan fingerprint density at radius 3 is 0.583 bits per heavy atom. The molecule has 0 heterocycles. The van der Waals surface area contributed by atoms with Crippen LogP contribution in [-0.2, 0) is 0 Å². The Morgan fingerprint density at radius 1 is 0.222 bits per heavy atom. The van der Waals surface area contributed by atoms with Crippen LogP contribution >= 0.6 is 21.6 Å². The molecule has 0 aliphatic heterocycles. The van der Waals surface area contributed by atoms with Gasteiger partial charge in [-0.15, -0.1) is 0 Å². The van der Waals surface area contributed by atoms with Crippen molar-refractivity contribution in [2.24, 2.45) is 0 Å². The predicted octanol–water partition coefficient (Wildman–Crippen LogP) is 14.1. The molecule has 0 fully saturated rings. The highest BCUT2D eigenvalue weighted by molar-refractivity contribution is 8.76. The Balaban J connectivity index is 3.00. The lowest BCUT2D eigenvalue weighted by Crippen LogP contribution is -1.85. The van der Waals surface area contributed by atoms with Crippen LogP contribution in [-0.4, -0.2) is 11.5 Å². The molecule has 0 aromatic carbocycles. The Bertz CT molecular complexity index is 323. The predicted molar refractivity (Wildman–Crippen MR) is 175 cm³/mol. The van der Waals surface area contributed by atoms with E-state index in [9.17, 15) is 0 Å². The first-order chi connectivity index (χ1) is 17.9. The van der Waals surface area contributed by atoms with Crippen molar-refractivity contribution < 1.29 is 0 Å². The second-order valence-electron chi connectivity index (χ2n) is 11.5. The van der Waals surface area contributed by atoms with Crippen molar-refractivity contribution in [1.82, 2.24) is 0 Å². The molecule has 0 saturated carbocycles. The summed E-state index contributed by atoms with van der Waals surface area (Å²) in [4.78, 5) is 0. The fraction of sp³-hybridized carbons (Fsp3) is 1.00. The summed E-state index contributed by atoms with van der Waals surface area (Å²) in [6.45, 7) is 4.61. The average molecular weight is 543 g/mol. The molecule has 0 saturated heterocycles. The number of rotatable bonds is 33. The van der Waals surface area contributed by atoms with Crippen molar-refractivity contribution in [2.45, 2.75) is 206 Å². The molecule has 0 aliphatic rings. The average Bonchev–Trinajstić information content (AvgIpc) is 2.89. The molecular formula is C34H70S2. The highest BCUT2D eigenvalue weighted by atomic mass is 33.1. The molecule has 0 aromatic rings. The summed E-state index contributed by atoms with van der Waals surface area (Å²) in [7, 11) is 4.28. The number of hydrogen-bond donors (Lipinski definition) is 0. The second kappa shape index (κ2) is 35.7. The van der Waals surface area contributed by atoms with Gasteiger partial charge in [-0.05, 0) is 12.8 Å². The van der Waals surface area contributed by atoms with Gasteiger partial charge in [-0.2, -0.15) is 0 Å². The van der Waals surface area contributed by atoms with E-state index in [1.165, 1.54) is 204 Å². The maximum atomic E-state index is 2.31. The minimum absolute atomic E-state index is 1.37. The van der Waals surface area contributed by atoms with E-state index in [2.05, 4.69) is 35.4 Å². The van der Waals surface area contributed by atoms with Crippen LogP contribution in [0.4, 0.5) is 0 Å². The number of unbranched alkanes of at least 4 members (excludes halogenated alkanes) is 28. The van der Waals surface area contributed by atoms with Crippen molar-refractivity contribution in [2.75, 3.05) is 11.5 Å². The lowest BCUT2D eigenvalue weighted by Gasteiger charge is -2.04. The molecule has 36 heavy (non-hydrogen) atoms. The molecule has 0 spiro atoms. The van der Waals surface area contributed by atoms with E-state index in [0.717, 1.165) is 0 Å². The molecule has 0 aliphatic carbocycles. The SMILES string of the molecule is CCCCCCCCCCCCCCCCCSSCCCCCCCCCCCCCCCCC. The van der Waals surface area contributed by atoms with Crippen LogP contribution in [0.25, 0.3) is 0 Å². The smallest absolute Gasteiger partial charge is 0.00369 e. The van der Waals surface area contributed by atoms with Gasteiger partial charge in [0.05, 0.1) is 0 Å². The minimum atomic E-state index is 1.37. The maximum Gasteiger partial charge on any atom is 0.00369 e. The van der Waals surface area contributed by atoms with Crippen molar-refractivity contribution in [3.63, 3.8) is 0 Å². The zero-order chi connectivity index (χ0) is 26.0. The van der Waals surface area contributed by atoms with Gasteiger partial charge < -0.3 is 0 Å². The third-order valence-electron chi connectivity index (χ3n) is 7.75. The van der Waals surface area contributed by atoms with Crippen LogP contribution in [0, 0.1) is 0 Å². The molecule has 218 valence electrons. The van der Waals surface area contributed by atoms with Crippen LogP contribution in [0.15, 0.2) is 0 Å². The molecule has 0 nitrogen and oxygen atoms in total. The zero-order valence-electron chi connectivity index (χ0n) is 25.4. The van der Waals surface area contributed by atoms with Crippen molar-refractivity contribution in [3.05, 3.63) is 0 Å². The summed E-state index contributed by atoms with van der Waals surface area (Å²) in [5.41, 5.74) is 0. The second-order valence-corrected chi connectivity index (χ2v) is 14.2. The first-order valence-corrected chi connectivity index (χ1v) is 19.6. The molecular weight excluding hydrogens is 473 g/mol. The topological polar surface area (TPSA) is 0 Å². The molecule has 2 heteroatoms. The fourth-order valence-electron chi connectivity index (χ4n) is 5.18. The van der Waals surface area contributed by atoms with E-state index in [1.807, 2.05) is 0 Å². The Hall–Kier alpha value is 0.700. The zero-order valence-corrected chi connectivity index (χ0v) is 27.1. The van der Waals surface area contributed by atoms with Gasteiger partial charge in [0.2, 0.25) is 0 Å². The number of hydrogen-bond acceptors (Lipinski definition) is 2. The first-order valence-electron chi connectivity index (χ1n) is 17.2. The lowest BCUT2D eigenvalue weighted by molar-refractivity contribution is 0.535. The molecule has 0 atom stereocenters. The van der Waals surface area contributed by atoms with E-state index in [0.29, 0.717) is 0 Å². The molecule has 0 amide bonds. The van der Waals surface area contributed by atoms with E-state index in [4.69, 9.17) is 0 Å².